The van der Waals surface area contributed by atoms with Crippen LogP contribution < -0.4 is 5.32 Å². The van der Waals surface area contributed by atoms with Crippen LogP contribution in [0.2, 0.25) is 0 Å². The van der Waals surface area contributed by atoms with E-state index in [1.807, 2.05) is 0 Å². The Hall–Kier alpha value is -0.290. The van der Waals surface area contributed by atoms with Crippen molar-refractivity contribution in [1.29, 1.82) is 0 Å². The van der Waals surface area contributed by atoms with Crippen molar-refractivity contribution >= 4 is 0 Å². The third kappa shape index (κ3) is 3.94. The van der Waals surface area contributed by atoms with Crippen LogP contribution in [0.25, 0.3) is 0 Å². The van der Waals surface area contributed by atoms with Gasteiger partial charge in [0.1, 0.15) is 0 Å². The van der Waals surface area contributed by atoms with E-state index >= 15 is 0 Å². The van der Waals surface area contributed by atoms with Gasteiger partial charge in [-0.2, -0.15) is 13.2 Å². The van der Waals surface area contributed by atoms with Gasteiger partial charge in [-0.1, -0.05) is 19.3 Å². The van der Waals surface area contributed by atoms with E-state index in [1.54, 1.807) is 6.92 Å². The molecule has 2 N–H and O–H groups in total. The zero-order chi connectivity index (χ0) is 12.2. The standard InChI is InChI=1S/C11H20F3NO/c1-10(8-16,15-7-11(12,13)14)9-5-3-2-4-6-9/h9,15-16H,2-8H2,1H3/t10-/m1/s1. The van der Waals surface area contributed by atoms with Gasteiger partial charge in [0.2, 0.25) is 0 Å². The predicted octanol–water partition coefficient (Wildman–Crippen LogP) is 2.47. The number of aliphatic hydroxyl groups is 1. The molecule has 0 aliphatic heterocycles. The fourth-order valence-corrected chi connectivity index (χ4v) is 2.37. The maximum Gasteiger partial charge on any atom is 0.401 e. The molecule has 0 aromatic carbocycles. The van der Waals surface area contributed by atoms with E-state index < -0.39 is 18.3 Å². The van der Waals surface area contributed by atoms with Crippen molar-refractivity contribution in [1.82, 2.24) is 5.32 Å². The van der Waals surface area contributed by atoms with Gasteiger partial charge >= 0.3 is 6.18 Å². The molecule has 0 radical (unpaired) electrons. The SMILES string of the molecule is C[C@](CO)(NCC(F)(F)F)C1CCCCC1. The number of halogens is 3. The number of aliphatic hydroxyl groups excluding tert-OH is 1. The molecule has 0 heterocycles. The van der Waals surface area contributed by atoms with E-state index in [4.69, 9.17) is 0 Å². The second-order valence-electron chi connectivity index (χ2n) is 4.88. The third-order valence-electron chi connectivity index (χ3n) is 3.53. The Balaban J connectivity index is 2.54. The van der Waals surface area contributed by atoms with Crippen molar-refractivity contribution in [2.24, 2.45) is 5.92 Å². The highest BCUT2D eigenvalue weighted by atomic mass is 19.4. The molecule has 1 fully saturated rings. The van der Waals surface area contributed by atoms with E-state index in [9.17, 15) is 18.3 Å². The van der Waals surface area contributed by atoms with E-state index in [1.165, 1.54) is 0 Å². The molecular formula is C11H20F3NO. The normalized spacial score (nSPS) is 23.1. The van der Waals surface area contributed by atoms with Crippen LogP contribution in [0.4, 0.5) is 13.2 Å². The summed E-state index contributed by atoms with van der Waals surface area (Å²) in [6, 6.07) is 0. The van der Waals surface area contributed by atoms with Crippen molar-refractivity contribution in [3.8, 4) is 0 Å². The summed E-state index contributed by atoms with van der Waals surface area (Å²) in [5.74, 6) is 0.147. The summed E-state index contributed by atoms with van der Waals surface area (Å²) in [7, 11) is 0. The van der Waals surface area contributed by atoms with Crippen LogP contribution in [0, 0.1) is 5.92 Å². The minimum absolute atomic E-state index is 0.147. The van der Waals surface area contributed by atoms with Gasteiger partial charge in [0.25, 0.3) is 0 Å². The first-order valence-corrected chi connectivity index (χ1v) is 5.80. The van der Waals surface area contributed by atoms with E-state index in [0.717, 1.165) is 32.1 Å². The fraction of sp³-hybridized carbons (Fsp3) is 1.00. The van der Waals surface area contributed by atoms with Gasteiger partial charge in [-0.25, -0.2) is 0 Å². The lowest BCUT2D eigenvalue weighted by Crippen LogP contribution is -2.54. The second kappa shape index (κ2) is 5.36. The summed E-state index contributed by atoms with van der Waals surface area (Å²) >= 11 is 0. The van der Waals surface area contributed by atoms with Gasteiger partial charge in [0.15, 0.2) is 0 Å². The summed E-state index contributed by atoms with van der Waals surface area (Å²) < 4.78 is 36.4. The van der Waals surface area contributed by atoms with Crippen LogP contribution >= 0.6 is 0 Å². The molecule has 16 heavy (non-hydrogen) atoms. The summed E-state index contributed by atoms with van der Waals surface area (Å²) in [5.41, 5.74) is -0.796. The Kier molecular flexibility index (Phi) is 4.62. The van der Waals surface area contributed by atoms with Crippen molar-refractivity contribution in [2.75, 3.05) is 13.2 Å². The highest BCUT2D eigenvalue weighted by Crippen LogP contribution is 2.32. The summed E-state index contributed by atoms with van der Waals surface area (Å²) in [5, 5.41) is 11.8. The maximum atomic E-state index is 12.1. The van der Waals surface area contributed by atoms with Crippen LogP contribution in [0.15, 0.2) is 0 Å². The molecule has 2 nitrogen and oxygen atoms in total. The van der Waals surface area contributed by atoms with Crippen molar-refractivity contribution < 1.29 is 18.3 Å². The second-order valence-corrected chi connectivity index (χ2v) is 4.88. The van der Waals surface area contributed by atoms with Gasteiger partial charge in [-0.05, 0) is 25.7 Å². The predicted molar refractivity (Wildman–Crippen MR) is 56.1 cm³/mol. The molecule has 0 spiro atoms. The molecule has 96 valence electrons. The van der Waals surface area contributed by atoms with Crippen LogP contribution in [-0.2, 0) is 0 Å². The van der Waals surface area contributed by atoms with Crippen LogP contribution in [0.5, 0.6) is 0 Å². The van der Waals surface area contributed by atoms with E-state index in [0.29, 0.717) is 0 Å². The van der Waals surface area contributed by atoms with Crippen LogP contribution in [-0.4, -0.2) is 30.0 Å². The Morgan fingerprint density at radius 3 is 2.19 bits per heavy atom. The molecule has 0 aromatic rings. The fourth-order valence-electron chi connectivity index (χ4n) is 2.37. The zero-order valence-electron chi connectivity index (χ0n) is 9.61. The van der Waals surface area contributed by atoms with Crippen LogP contribution in [0.3, 0.4) is 0 Å². The molecule has 1 aliphatic carbocycles. The maximum absolute atomic E-state index is 12.1. The molecule has 0 unspecified atom stereocenters. The number of hydrogen-bond donors (Lipinski definition) is 2. The van der Waals surface area contributed by atoms with Gasteiger partial charge in [-0.3, -0.25) is 0 Å². The van der Waals surface area contributed by atoms with E-state index in [-0.39, 0.29) is 12.5 Å². The quantitative estimate of drug-likeness (QED) is 0.790. The number of hydrogen-bond acceptors (Lipinski definition) is 2. The monoisotopic (exact) mass is 239 g/mol. The number of alkyl halides is 3. The Bertz CT molecular complexity index is 214. The van der Waals surface area contributed by atoms with E-state index in [2.05, 4.69) is 5.32 Å². The van der Waals surface area contributed by atoms with Crippen molar-refractivity contribution in [3.63, 3.8) is 0 Å². The zero-order valence-corrected chi connectivity index (χ0v) is 9.61. The summed E-state index contributed by atoms with van der Waals surface area (Å²) in [4.78, 5) is 0. The first kappa shape index (κ1) is 13.8. The van der Waals surface area contributed by atoms with Gasteiger partial charge < -0.3 is 10.4 Å². The van der Waals surface area contributed by atoms with Crippen molar-refractivity contribution in [3.05, 3.63) is 0 Å². The lowest BCUT2D eigenvalue weighted by atomic mass is 9.76. The Morgan fingerprint density at radius 1 is 1.19 bits per heavy atom. The summed E-state index contributed by atoms with van der Waals surface area (Å²) in [6.07, 6.45) is 0.841. The van der Waals surface area contributed by atoms with Gasteiger partial charge in [-0.15, -0.1) is 0 Å². The molecule has 1 aliphatic rings. The van der Waals surface area contributed by atoms with Crippen molar-refractivity contribution in [2.45, 2.75) is 50.7 Å². The number of nitrogens with one attached hydrogen (secondary N) is 1. The molecule has 5 heteroatoms. The average Bonchev–Trinajstić information content (AvgIpc) is 2.26. The minimum atomic E-state index is -4.22. The molecule has 0 saturated heterocycles. The Morgan fingerprint density at radius 2 is 1.75 bits per heavy atom. The smallest absolute Gasteiger partial charge is 0.394 e. The third-order valence-corrected chi connectivity index (χ3v) is 3.53. The average molecular weight is 239 g/mol. The molecule has 0 amide bonds. The van der Waals surface area contributed by atoms with Gasteiger partial charge in [0.05, 0.1) is 13.2 Å². The molecule has 0 aromatic heterocycles. The Labute approximate surface area is 94.2 Å². The molecular weight excluding hydrogens is 219 g/mol. The lowest BCUT2D eigenvalue weighted by molar-refractivity contribution is -0.131. The number of rotatable bonds is 4. The first-order chi connectivity index (χ1) is 7.37. The first-order valence-electron chi connectivity index (χ1n) is 5.80. The minimum Gasteiger partial charge on any atom is -0.394 e. The molecule has 0 bridgehead atoms. The van der Waals surface area contributed by atoms with Crippen LogP contribution in [0.1, 0.15) is 39.0 Å². The highest BCUT2D eigenvalue weighted by Gasteiger charge is 2.37. The highest BCUT2D eigenvalue weighted by molar-refractivity contribution is 4.91. The molecule has 1 rings (SSSR count). The van der Waals surface area contributed by atoms with Gasteiger partial charge in [0, 0.05) is 5.54 Å². The molecule has 1 atom stereocenters. The lowest BCUT2D eigenvalue weighted by Gasteiger charge is -2.39. The summed E-state index contributed by atoms with van der Waals surface area (Å²) in [6.45, 7) is 0.420. The topological polar surface area (TPSA) is 32.3 Å². The largest absolute Gasteiger partial charge is 0.401 e. The molecule has 1 saturated carbocycles.